The van der Waals surface area contributed by atoms with E-state index in [1.807, 2.05) is 0 Å². The molecule has 0 radical (unpaired) electrons. The molecule has 0 aliphatic rings. The Balaban J connectivity index is 2.80. The fourth-order valence-corrected chi connectivity index (χ4v) is 1.09. The van der Waals surface area contributed by atoms with E-state index in [1.165, 1.54) is 6.07 Å². The largest absolute Gasteiger partial charge is 0.319 e. The van der Waals surface area contributed by atoms with Crippen LogP contribution >= 0.6 is 0 Å². The van der Waals surface area contributed by atoms with Crippen molar-refractivity contribution in [3.63, 3.8) is 0 Å². The van der Waals surface area contributed by atoms with Gasteiger partial charge in [-0.05, 0) is 19.2 Å². The summed E-state index contributed by atoms with van der Waals surface area (Å²) in [7, 11) is 1.70. The van der Waals surface area contributed by atoms with Gasteiger partial charge in [-0.3, -0.25) is 4.79 Å². The molecule has 0 atom stereocenters. The third-order valence-electron chi connectivity index (χ3n) is 1.83. The summed E-state index contributed by atoms with van der Waals surface area (Å²) in [6.45, 7) is 0.482. The van der Waals surface area contributed by atoms with Crippen molar-refractivity contribution in [3.05, 3.63) is 35.4 Å². The predicted molar refractivity (Wildman–Crippen MR) is 49.2 cm³/mol. The average molecular weight is 199 g/mol. The van der Waals surface area contributed by atoms with E-state index in [4.69, 9.17) is 0 Å². The molecule has 0 fully saturated rings. The summed E-state index contributed by atoms with van der Waals surface area (Å²) in [5.74, 6) is -1.80. The monoisotopic (exact) mass is 199 g/mol. The van der Waals surface area contributed by atoms with E-state index >= 15 is 0 Å². The van der Waals surface area contributed by atoms with E-state index < -0.39 is 11.6 Å². The Morgan fingerprint density at radius 1 is 1.43 bits per heavy atom. The number of carbonyl (C=O) groups excluding carboxylic acids is 1. The van der Waals surface area contributed by atoms with Crippen molar-refractivity contribution >= 4 is 5.78 Å². The summed E-state index contributed by atoms with van der Waals surface area (Å²) in [5, 5.41) is 2.78. The Morgan fingerprint density at radius 3 is 2.71 bits per heavy atom. The molecule has 0 heterocycles. The fourth-order valence-electron chi connectivity index (χ4n) is 1.09. The highest BCUT2D eigenvalue weighted by atomic mass is 19.1. The number of carbonyl (C=O) groups is 1. The molecule has 0 aromatic heterocycles. The summed E-state index contributed by atoms with van der Waals surface area (Å²) < 4.78 is 25.5. The zero-order valence-electron chi connectivity index (χ0n) is 7.81. The topological polar surface area (TPSA) is 29.1 Å². The van der Waals surface area contributed by atoms with Crippen LogP contribution in [0.3, 0.4) is 0 Å². The second-order valence-electron chi connectivity index (χ2n) is 2.90. The summed E-state index contributed by atoms with van der Waals surface area (Å²) in [6.07, 6.45) is 0.207. The Labute approximate surface area is 80.9 Å². The van der Waals surface area contributed by atoms with Crippen LogP contribution in [0.25, 0.3) is 0 Å². The standard InChI is InChI=1S/C10H11F2NO/c1-13-5-4-10(14)8-3-2-7(11)6-9(8)12/h2-3,6,13H,4-5H2,1H3. The number of benzene rings is 1. The van der Waals surface area contributed by atoms with Gasteiger partial charge >= 0.3 is 0 Å². The smallest absolute Gasteiger partial charge is 0.167 e. The second kappa shape index (κ2) is 4.81. The first-order valence-electron chi connectivity index (χ1n) is 4.28. The quantitative estimate of drug-likeness (QED) is 0.748. The van der Waals surface area contributed by atoms with Crippen LogP contribution in [0.4, 0.5) is 8.78 Å². The van der Waals surface area contributed by atoms with E-state index in [0.29, 0.717) is 12.6 Å². The first-order chi connectivity index (χ1) is 6.65. The van der Waals surface area contributed by atoms with E-state index in [1.54, 1.807) is 7.05 Å². The Hall–Kier alpha value is -1.29. The minimum atomic E-state index is -0.800. The van der Waals surface area contributed by atoms with Gasteiger partial charge < -0.3 is 5.32 Å². The SMILES string of the molecule is CNCCC(=O)c1ccc(F)cc1F. The molecule has 14 heavy (non-hydrogen) atoms. The van der Waals surface area contributed by atoms with Crippen molar-refractivity contribution in [3.8, 4) is 0 Å². The predicted octanol–water partition coefficient (Wildman–Crippen LogP) is 1.76. The maximum absolute atomic E-state index is 13.0. The number of nitrogens with one attached hydrogen (secondary N) is 1. The van der Waals surface area contributed by atoms with Crippen LogP contribution < -0.4 is 5.32 Å². The van der Waals surface area contributed by atoms with E-state index in [0.717, 1.165) is 6.07 Å². The van der Waals surface area contributed by atoms with Crippen molar-refractivity contribution in [2.24, 2.45) is 0 Å². The molecule has 0 saturated carbocycles. The lowest BCUT2D eigenvalue weighted by Crippen LogP contribution is -2.14. The average Bonchev–Trinajstić information content (AvgIpc) is 2.14. The van der Waals surface area contributed by atoms with E-state index in [-0.39, 0.29) is 17.8 Å². The molecule has 76 valence electrons. The molecular weight excluding hydrogens is 188 g/mol. The molecule has 1 aromatic carbocycles. The second-order valence-corrected chi connectivity index (χ2v) is 2.90. The van der Waals surface area contributed by atoms with Crippen molar-refractivity contribution < 1.29 is 13.6 Å². The number of hydrogen-bond donors (Lipinski definition) is 1. The van der Waals surface area contributed by atoms with Crippen LogP contribution in [0.1, 0.15) is 16.8 Å². The van der Waals surface area contributed by atoms with Crippen LogP contribution in [-0.4, -0.2) is 19.4 Å². The highest BCUT2D eigenvalue weighted by Gasteiger charge is 2.11. The van der Waals surface area contributed by atoms with Crippen molar-refractivity contribution in [1.82, 2.24) is 5.32 Å². The van der Waals surface area contributed by atoms with Crippen LogP contribution in [0.15, 0.2) is 18.2 Å². The lowest BCUT2D eigenvalue weighted by molar-refractivity contribution is 0.0979. The van der Waals surface area contributed by atoms with Gasteiger partial charge in [0.2, 0.25) is 0 Å². The van der Waals surface area contributed by atoms with Gasteiger partial charge in [0.25, 0.3) is 0 Å². The molecule has 2 nitrogen and oxygen atoms in total. The highest BCUT2D eigenvalue weighted by Crippen LogP contribution is 2.11. The molecule has 4 heteroatoms. The lowest BCUT2D eigenvalue weighted by Gasteiger charge is -2.01. The molecule has 0 spiro atoms. The third kappa shape index (κ3) is 2.60. The molecule has 0 amide bonds. The zero-order chi connectivity index (χ0) is 10.6. The van der Waals surface area contributed by atoms with Crippen LogP contribution in [0.5, 0.6) is 0 Å². The molecule has 0 aliphatic carbocycles. The number of ketones is 1. The minimum absolute atomic E-state index is 0.0540. The summed E-state index contributed by atoms with van der Waals surface area (Å²) in [6, 6.07) is 2.96. The van der Waals surface area contributed by atoms with Crippen molar-refractivity contribution in [1.29, 1.82) is 0 Å². The molecule has 0 unspecified atom stereocenters. The van der Waals surface area contributed by atoms with Gasteiger partial charge in [0.1, 0.15) is 11.6 Å². The van der Waals surface area contributed by atoms with Crippen molar-refractivity contribution in [2.45, 2.75) is 6.42 Å². The van der Waals surface area contributed by atoms with Crippen molar-refractivity contribution in [2.75, 3.05) is 13.6 Å². The van der Waals surface area contributed by atoms with Gasteiger partial charge in [-0.15, -0.1) is 0 Å². The molecule has 1 rings (SSSR count). The number of rotatable bonds is 4. The van der Waals surface area contributed by atoms with Crippen LogP contribution in [0, 0.1) is 11.6 Å². The van der Waals surface area contributed by atoms with Gasteiger partial charge in [-0.1, -0.05) is 0 Å². The van der Waals surface area contributed by atoms with Gasteiger partial charge in [0, 0.05) is 19.0 Å². The van der Waals surface area contributed by atoms with Gasteiger partial charge in [-0.2, -0.15) is 0 Å². The third-order valence-corrected chi connectivity index (χ3v) is 1.83. The van der Waals surface area contributed by atoms with Gasteiger partial charge in [-0.25, -0.2) is 8.78 Å². The Morgan fingerprint density at radius 2 is 2.14 bits per heavy atom. The maximum atomic E-state index is 13.0. The number of Topliss-reactive ketones (excluding diaryl/α,β-unsaturated/α-hetero) is 1. The maximum Gasteiger partial charge on any atom is 0.167 e. The first kappa shape index (κ1) is 10.8. The van der Waals surface area contributed by atoms with Crippen LogP contribution in [-0.2, 0) is 0 Å². The lowest BCUT2D eigenvalue weighted by atomic mass is 10.1. The molecule has 0 aliphatic heterocycles. The summed E-state index contributed by atoms with van der Waals surface area (Å²) in [5.41, 5.74) is -0.0540. The minimum Gasteiger partial charge on any atom is -0.319 e. The fraction of sp³-hybridized carbons (Fsp3) is 0.300. The van der Waals surface area contributed by atoms with E-state index in [9.17, 15) is 13.6 Å². The normalized spacial score (nSPS) is 10.2. The number of hydrogen-bond acceptors (Lipinski definition) is 2. The summed E-state index contributed by atoms with van der Waals surface area (Å²) >= 11 is 0. The molecule has 1 aromatic rings. The van der Waals surface area contributed by atoms with Gasteiger partial charge in [0.05, 0.1) is 5.56 Å². The van der Waals surface area contributed by atoms with Gasteiger partial charge in [0.15, 0.2) is 5.78 Å². The Kier molecular flexibility index (Phi) is 3.71. The van der Waals surface area contributed by atoms with Crippen LogP contribution in [0.2, 0.25) is 0 Å². The molecule has 0 bridgehead atoms. The molecule has 1 N–H and O–H groups in total. The zero-order valence-corrected chi connectivity index (χ0v) is 7.81. The molecular formula is C10H11F2NO. The van der Waals surface area contributed by atoms with E-state index in [2.05, 4.69) is 5.32 Å². The number of halogens is 2. The molecule has 0 saturated heterocycles. The highest BCUT2D eigenvalue weighted by molar-refractivity contribution is 5.96. The Bertz CT molecular complexity index is 339. The summed E-state index contributed by atoms with van der Waals surface area (Å²) in [4.78, 5) is 11.3. The first-order valence-corrected chi connectivity index (χ1v) is 4.28.